The summed E-state index contributed by atoms with van der Waals surface area (Å²) in [5.74, 6) is 1.10. The van der Waals surface area contributed by atoms with E-state index in [9.17, 15) is 9.18 Å². The van der Waals surface area contributed by atoms with Crippen molar-refractivity contribution in [2.45, 2.75) is 6.61 Å². The Morgan fingerprint density at radius 2 is 1.74 bits per heavy atom. The summed E-state index contributed by atoms with van der Waals surface area (Å²) < 4.78 is 30.2. The molecule has 0 radical (unpaired) electrons. The Hall–Kier alpha value is -4.19. The molecule has 0 saturated carbocycles. The Labute approximate surface area is 176 Å². The van der Waals surface area contributed by atoms with Crippen molar-refractivity contribution in [1.29, 1.82) is 0 Å². The average molecular weight is 413 g/mol. The van der Waals surface area contributed by atoms with Gasteiger partial charge in [-0.25, -0.2) is 9.37 Å². The summed E-state index contributed by atoms with van der Waals surface area (Å²) >= 11 is 0. The number of halogens is 1. The smallest absolute Gasteiger partial charge is 0.232 e. The topological polar surface area (TPSA) is 65.5 Å². The molecule has 6 heteroatoms. The molecular weight excluding hydrogens is 397 g/mol. The number of oxazole rings is 1. The third kappa shape index (κ3) is 3.83. The summed E-state index contributed by atoms with van der Waals surface area (Å²) in [7, 11) is 0. The lowest BCUT2D eigenvalue weighted by Crippen LogP contribution is -2.05. The molecule has 5 rings (SSSR count). The summed E-state index contributed by atoms with van der Waals surface area (Å²) in [5.41, 5.74) is 2.37. The molecule has 0 aliphatic rings. The minimum absolute atomic E-state index is 0.0963. The molecule has 0 saturated heterocycles. The number of benzene rings is 3. The highest BCUT2D eigenvalue weighted by Crippen LogP contribution is 2.25. The zero-order chi connectivity index (χ0) is 21.2. The Bertz CT molecular complexity index is 1410. The number of fused-ring (bicyclic) bond motifs is 1. The van der Waals surface area contributed by atoms with E-state index in [1.165, 1.54) is 18.4 Å². The lowest BCUT2D eigenvalue weighted by Gasteiger charge is -2.06. The number of hydrogen-bond acceptors (Lipinski definition) is 5. The van der Waals surface area contributed by atoms with E-state index >= 15 is 0 Å². The Balaban J connectivity index is 1.35. The molecule has 0 amide bonds. The van der Waals surface area contributed by atoms with Gasteiger partial charge < -0.3 is 13.6 Å². The van der Waals surface area contributed by atoms with Gasteiger partial charge in [-0.1, -0.05) is 30.3 Å². The van der Waals surface area contributed by atoms with Crippen LogP contribution in [0.2, 0.25) is 0 Å². The SMILES string of the molecule is O=c1c(-c2ccccc2)coc2cc(OCc3ncc(-c4ccc(F)cc4)o3)ccc12. The molecule has 0 unspecified atom stereocenters. The Kier molecular flexibility index (Phi) is 4.80. The standard InChI is InChI=1S/C25H16FNO4/c26-18-8-6-17(7-9-18)23-13-27-24(31-23)15-29-19-10-11-20-22(12-19)30-14-21(25(20)28)16-4-2-1-3-5-16/h1-14H,15H2. The van der Waals surface area contributed by atoms with Crippen LogP contribution in [-0.4, -0.2) is 4.98 Å². The summed E-state index contributed by atoms with van der Waals surface area (Å²) in [4.78, 5) is 17.0. The van der Waals surface area contributed by atoms with Crippen LogP contribution in [0.3, 0.4) is 0 Å². The molecule has 0 aliphatic heterocycles. The molecule has 0 spiro atoms. The number of nitrogens with zero attached hydrogens (tertiary/aromatic N) is 1. The zero-order valence-electron chi connectivity index (χ0n) is 16.2. The average Bonchev–Trinajstić information content (AvgIpc) is 3.28. The quantitative estimate of drug-likeness (QED) is 0.363. The van der Waals surface area contributed by atoms with E-state index in [-0.39, 0.29) is 17.9 Å². The van der Waals surface area contributed by atoms with Crippen LogP contribution in [0.5, 0.6) is 5.75 Å². The molecule has 0 fully saturated rings. The van der Waals surface area contributed by atoms with Gasteiger partial charge in [0.2, 0.25) is 5.89 Å². The van der Waals surface area contributed by atoms with Gasteiger partial charge in [-0.2, -0.15) is 0 Å². The first-order valence-electron chi connectivity index (χ1n) is 9.62. The van der Waals surface area contributed by atoms with Crippen LogP contribution in [-0.2, 0) is 6.61 Å². The van der Waals surface area contributed by atoms with Crippen LogP contribution in [0.4, 0.5) is 4.39 Å². The van der Waals surface area contributed by atoms with Gasteiger partial charge in [-0.05, 0) is 42.0 Å². The summed E-state index contributed by atoms with van der Waals surface area (Å²) in [6.45, 7) is 0.0963. The largest absolute Gasteiger partial charge is 0.484 e. The first-order valence-corrected chi connectivity index (χ1v) is 9.62. The fraction of sp³-hybridized carbons (Fsp3) is 0.0400. The first-order chi connectivity index (χ1) is 15.2. The number of hydrogen-bond donors (Lipinski definition) is 0. The van der Waals surface area contributed by atoms with Crippen molar-refractivity contribution in [3.05, 3.63) is 107 Å². The van der Waals surface area contributed by atoms with E-state index in [4.69, 9.17) is 13.6 Å². The van der Waals surface area contributed by atoms with Crippen LogP contribution >= 0.6 is 0 Å². The molecule has 152 valence electrons. The van der Waals surface area contributed by atoms with Crippen molar-refractivity contribution in [1.82, 2.24) is 4.98 Å². The minimum atomic E-state index is -0.314. The molecule has 5 aromatic rings. The second kappa shape index (κ2) is 7.91. The van der Waals surface area contributed by atoms with Crippen LogP contribution in [0.15, 0.2) is 98.9 Å². The lowest BCUT2D eigenvalue weighted by atomic mass is 10.1. The van der Waals surface area contributed by atoms with Crippen molar-refractivity contribution in [2.24, 2.45) is 0 Å². The Morgan fingerprint density at radius 3 is 2.55 bits per heavy atom. The maximum atomic E-state index is 13.1. The number of ether oxygens (including phenoxy) is 1. The molecule has 3 aromatic carbocycles. The van der Waals surface area contributed by atoms with Crippen molar-refractivity contribution < 1.29 is 18.0 Å². The van der Waals surface area contributed by atoms with Gasteiger partial charge in [-0.3, -0.25) is 4.79 Å². The summed E-state index contributed by atoms with van der Waals surface area (Å²) in [6.07, 6.45) is 3.03. The normalized spacial score (nSPS) is 11.0. The van der Waals surface area contributed by atoms with E-state index in [2.05, 4.69) is 4.98 Å². The molecule has 31 heavy (non-hydrogen) atoms. The van der Waals surface area contributed by atoms with Crippen molar-refractivity contribution in [3.63, 3.8) is 0 Å². The first kappa shape index (κ1) is 18.8. The molecule has 0 atom stereocenters. The highest BCUT2D eigenvalue weighted by Gasteiger charge is 2.11. The van der Waals surface area contributed by atoms with E-state index in [0.717, 1.165) is 11.1 Å². The van der Waals surface area contributed by atoms with Crippen LogP contribution in [0, 0.1) is 5.82 Å². The number of aromatic nitrogens is 1. The third-order valence-electron chi connectivity index (χ3n) is 4.88. The van der Waals surface area contributed by atoms with E-state index in [0.29, 0.717) is 33.9 Å². The maximum absolute atomic E-state index is 13.1. The van der Waals surface area contributed by atoms with E-state index in [1.54, 1.807) is 36.5 Å². The molecule has 5 nitrogen and oxygen atoms in total. The summed E-state index contributed by atoms with van der Waals surface area (Å²) in [6, 6.07) is 20.4. The third-order valence-corrected chi connectivity index (χ3v) is 4.88. The Morgan fingerprint density at radius 1 is 0.935 bits per heavy atom. The van der Waals surface area contributed by atoms with Gasteiger partial charge in [0.25, 0.3) is 0 Å². The molecular formula is C25H16FNO4. The monoisotopic (exact) mass is 413 g/mol. The van der Waals surface area contributed by atoms with Crippen molar-refractivity contribution >= 4 is 11.0 Å². The minimum Gasteiger partial charge on any atom is -0.484 e. The van der Waals surface area contributed by atoms with Gasteiger partial charge in [-0.15, -0.1) is 0 Å². The van der Waals surface area contributed by atoms with E-state index < -0.39 is 0 Å². The van der Waals surface area contributed by atoms with Crippen molar-refractivity contribution in [2.75, 3.05) is 0 Å². The van der Waals surface area contributed by atoms with Gasteiger partial charge in [0, 0.05) is 11.6 Å². The maximum Gasteiger partial charge on any atom is 0.232 e. The van der Waals surface area contributed by atoms with E-state index in [1.807, 2.05) is 30.3 Å². The summed E-state index contributed by atoms with van der Waals surface area (Å²) in [5, 5.41) is 0.475. The predicted molar refractivity (Wildman–Crippen MR) is 114 cm³/mol. The highest BCUT2D eigenvalue weighted by atomic mass is 19.1. The molecule has 0 N–H and O–H groups in total. The fourth-order valence-electron chi connectivity index (χ4n) is 3.29. The molecule has 0 aliphatic carbocycles. The van der Waals surface area contributed by atoms with Crippen LogP contribution in [0.25, 0.3) is 33.4 Å². The second-order valence-electron chi connectivity index (χ2n) is 6.92. The van der Waals surface area contributed by atoms with Gasteiger partial charge >= 0.3 is 0 Å². The van der Waals surface area contributed by atoms with Gasteiger partial charge in [0.05, 0.1) is 17.1 Å². The molecule has 0 bridgehead atoms. The molecule has 2 heterocycles. The van der Waals surface area contributed by atoms with Crippen LogP contribution < -0.4 is 10.2 Å². The van der Waals surface area contributed by atoms with Gasteiger partial charge in [0.15, 0.2) is 17.8 Å². The van der Waals surface area contributed by atoms with Crippen LogP contribution in [0.1, 0.15) is 5.89 Å². The zero-order valence-corrected chi connectivity index (χ0v) is 16.2. The lowest BCUT2D eigenvalue weighted by molar-refractivity contribution is 0.264. The second-order valence-corrected chi connectivity index (χ2v) is 6.92. The highest BCUT2D eigenvalue weighted by molar-refractivity contribution is 5.82. The van der Waals surface area contributed by atoms with Crippen molar-refractivity contribution in [3.8, 4) is 28.2 Å². The molecule has 2 aromatic heterocycles. The number of rotatable bonds is 5. The predicted octanol–water partition coefficient (Wildman–Crippen LogP) is 5.83. The van der Waals surface area contributed by atoms with Gasteiger partial charge in [0.1, 0.15) is 23.4 Å². The fourth-order valence-corrected chi connectivity index (χ4v) is 3.29.